The molecule has 0 saturated heterocycles. The fourth-order valence-electron chi connectivity index (χ4n) is 2.47. The van der Waals surface area contributed by atoms with E-state index in [0.29, 0.717) is 0 Å². The minimum atomic E-state index is -0.793. The number of carboxylic acids is 1. The summed E-state index contributed by atoms with van der Waals surface area (Å²) >= 11 is 1.31. The summed E-state index contributed by atoms with van der Waals surface area (Å²) in [4.78, 5) is 15.1. The summed E-state index contributed by atoms with van der Waals surface area (Å²) in [5.74, 6) is -0.717. The number of hydrogen-bond acceptors (Lipinski definition) is 3. The van der Waals surface area contributed by atoms with Crippen LogP contribution in [0, 0.1) is 6.92 Å². The molecule has 1 N–H and O–H groups in total. The topological polar surface area (TPSA) is 55.1 Å². The molecule has 2 rings (SSSR count). The number of aliphatic carboxylic acids is 1. The molecule has 0 amide bonds. The summed E-state index contributed by atoms with van der Waals surface area (Å²) in [5.41, 5.74) is 1.09. The number of carboxylic acid groups (broad SMARTS) is 1. The van der Waals surface area contributed by atoms with Gasteiger partial charge in [-0.3, -0.25) is 4.79 Å². The second-order valence-electron chi connectivity index (χ2n) is 4.92. The Morgan fingerprint density at radius 1 is 1.59 bits per heavy atom. The number of rotatable bonds is 4. The molecule has 1 fully saturated rings. The third-order valence-electron chi connectivity index (χ3n) is 3.38. The van der Waals surface area contributed by atoms with Crippen molar-refractivity contribution in [1.82, 2.24) is 9.55 Å². The first-order chi connectivity index (χ1) is 8.01. The van der Waals surface area contributed by atoms with Gasteiger partial charge in [-0.1, -0.05) is 24.6 Å². The fourth-order valence-corrected chi connectivity index (χ4v) is 3.34. The molecule has 0 aliphatic heterocycles. The average Bonchev–Trinajstić information content (AvgIpc) is 2.83. The highest BCUT2D eigenvalue weighted by molar-refractivity contribution is 7.99. The zero-order valence-electron chi connectivity index (χ0n) is 10.3. The maximum absolute atomic E-state index is 10.6. The summed E-state index contributed by atoms with van der Waals surface area (Å²) in [6.07, 6.45) is 6.86. The highest BCUT2D eigenvalue weighted by Crippen LogP contribution is 2.38. The SMILES string of the molecule is Cc1cn(C2(C)CCCC2)c(SCC(=O)O)n1. The van der Waals surface area contributed by atoms with Gasteiger partial charge in [-0.2, -0.15) is 0 Å². The standard InChI is InChI=1S/C12H18N2O2S/c1-9-7-14(12(2)5-3-4-6-12)11(13-9)17-8-10(15)16/h7H,3-6,8H2,1-2H3,(H,15,16). The average molecular weight is 254 g/mol. The van der Waals surface area contributed by atoms with Gasteiger partial charge in [-0.25, -0.2) is 4.98 Å². The monoisotopic (exact) mass is 254 g/mol. The molecule has 17 heavy (non-hydrogen) atoms. The van der Waals surface area contributed by atoms with Gasteiger partial charge in [0, 0.05) is 11.7 Å². The van der Waals surface area contributed by atoms with Crippen LogP contribution < -0.4 is 0 Å². The first-order valence-corrected chi connectivity index (χ1v) is 6.91. The second kappa shape index (κ2) is 4.72. The van der Waals surface area contributed by atoms with Gasteiger partial charge in [-0.05, 0) is 26.7 Å². The molecule has 1 aromatic rings. The van der Waals surface area contributed by atoms with E-state index in [1.54, 1.807) is 0 Å². The summed E-state index contributed by atoms with van der Waals surface area (Å²) in [6, 6.07) is 0. The van der Waals surface area contributed by atoms with Crippen LogP contribution in [0.15, 0.2) is 11.4 Å². The zero-order valence-corrected chi connectivity index (χ0v) is 11.1. The van der Waals surface area contributed by atoms with E-state index in [1.807, 2.05) is 6.92 Å². The molecule has 0 bridgehead atoms. The van der Waals surface area contributed by atoms with E-state index in [1.165, 1.54) is 24.6 Å². The van der Waals surface area contributed by atoms with E-state index < -0.39 is 5.97 Å². The lowest BCUT2D eigenvalue weighted by Crippen LogP contribution is -2.26. The molecule has 1 heterocycles. The van der Waals surface area contributed by atoms with E-state index in [-0.39, 0.29) is 11.3 Å². The molecule has 94 valence electrons. The van der Waals surface area contributed by atoms with Crippen molar-refractivity contribution in [3.05, 3.63) is 11.9 Å². The van der Waals surface area contributed by atoms with Crippen molar-refractivity contribution in [2.75, 3.05) is 5.75 Å². The molecule has 0 aromatic carbocycles. The third-order valence-corrected chi connectivity index (χ3v) is 4.32. The van der Waals surface area contributed by atoms with Gasteiger partial charge < -0.3 is 9.67 Å². The normalized spacial score (nSPS) is 18.5. The van der Waals surface area contributed by atoms with Gasteiger partial charge in [-0.15, -0.1) is 0 Å². The lowest BCUT2D eigenvalue weighted by Gasteiger charge is -2.27. The van der Waals surface area contributed by atoms with E-state index >= 15 is 0 Å². The quantitative estimate of drug-likeness (QED) is 0.839. The van der Waals surface area contributed by atoms with Crippen LogP contribution in [-0.4, -0.2) is 26.4 Å². The maximum atomic E-state index is 10.6. The Morgan fingerprint density at radius 3 is 2.82 bits per heavy atom. The molecule has 1 aromatic heterocycles. The van der Waals surface area contributed by atoms with Gasteiger partial charge in [0.2, 0.25) is 0 Å². The van der Waals surface area contributed by atoms with Crippen molar-refractivity contribution < 1.29 is 9.90 Å². The van der Waals surface area contributed by atoms with Crippen molar-refractivity contribution in [2.45, 2.75) is 50.2 Å². The van der Waals surface area contributed by atoms with Gasteiger partial charge in [0.15, 0.2) is 5.16 Å². The zero-order chi connectivity index (χ0) is 12.5. The number of carbonyl (C=O) groups is 1. The largest absolute Gasteiger partial charge is 0.481 e. The minimum Gasteiger partial charge on any atom is -0.481 e. The molecular weight excluding hydrogens is 236 g/mol. The van der Waals surface area contributed by atoms with Crippen LogP contribution in [0.1, 0.15) is 38.3 Å². The number of imidazole rings is 1. The molecule has 0 spiro atoms. The van der Waals surface area contributed by atoms with Gasteiger partial charge in [0.05, 0.1) is 11.4 Å². The van der Waals surface area contributed by atoms with Crippen LogP contribution in [0.4, 0.5) is 0 Å². The van der Waals surface area contributed by atoms with E-state index in [4.69, 9.17) is 5.11 Å². The van der Waals surface area contributed by atoms with Gasteiger partial charge in [0.25, 0.3) is 0 Å². The Hall–Kier alpha value is -0.970. The number of aryl methyl sites for hydroxylation is 1. The Balaban J connectivity index is 2.23. The fraction of sp³-hybridized carbons (Fsp3) is 0.667. The molecule has 4 nitrogen and oxygen atoms in total. The lowest BCUT2D eigenvalue weighted by molar-refractivity contribution is -0.133. The second-order valence-corrected chi connectivity index (χ2v) is 5.86. The number of nitrogens with zero attached hydrogens (tertiary/aromatic N) is 2. The highest BCUT2D eigenvalue weighted by Gasteiger charge is 2.32. The van der Waals surface area contributed by atoms with Gasteiger partial charge in [0.1, 0.15) is 0 Å². The van der Waals surface area contributed by atoms with Crippen molar-refractivity contribution in [3.63, 3.8) is 0 Å². The molecule has 1 aliphatic carbocycles. The number of thioether (sulfide) groups is 1. The Morgan fingerprint density at radius 2 is 2.24 bits per heavy atom. The van der Waals surface area contributed by atoms with Crippen molar-refractivity contribution in [3.8, 4) is 0 Å². The van der Waals surface area contributed by atoms with E-state index in [0.717, 1.165) is 23.7 Å². The summed E-state index contributed by atoms with van der Waals surface area (Å²) in [6.45, 7) is 4.20. The number of hydrogen-bond donors (Lipinski definition) is 1. The van der Waals surface area contributed by atoms with Crippen LogP contribution in [0.2, 0.25) is 0 Å². The highest BCUT2D eigenvalue weighted by atomic mass is 32.2. The third kappa shape index (κ3) is 2.65. The Labute approximate surface area is 105 Å². The lowest BCUT2D eigenvalue weighted by atomic mass is 10.0. The summed E-state index contributed by atoms with van der Waals surface area (Å²) in [5, 5.41) is 9.59. The Bertz CT molecular complexity index is 422. The summed E-state index contributed by atoms with van der Waals surface area (Å²) in [7, 11) is 0. The minimum absolute atomic E-state index is 0.0759. The predicted octanol–water partition coefficient (Wildman–Crippen LogP) is 2.66. The molecule has 0 unspecified atom stereocenters. The van der Waals surface area contributed by atoms with E-state index in [9.17, 15) is 4.79 Å². The van der Waals surface area contributed by atoms with Crippen LogP contribution in [0.5, 0.6) is 0 Å². The number of aromatic nitrogens is 2. The van der Waals surface area contributed by atoms with Crippen molar-refractivity contribution in [2.24, 2.45) is 0 Å². The maximum Gasteiger partial charge on any atom is 0.313 e. The molecular formula is C12H18N2O2S. The predicted molar refractivity (Wildman–Crippen MR) is 67.4 cm³/mol. The molecule has 1 saturated carbocycles. The van der Waals surface area contributed by atoms with Crippen LogP contribution in [0.25, 0.3) is 0 Å². The first kappa shape index (κ1) is 12.5. The molecule has 0 atom stereocenters. The van der Waals surface area contributed by atoms with Crippen molar-refractivity contribution >= 4 is 17.7 Å². The van der Waals surface area contributed by atoms with Gasteiger partial charge >= 0.3 is 5.97 Å². The van der Waals surface area contributed by atoms with Crippen LogP contribution in [0.3, 0.4) is 0 Å². The molecule has 5 heteroatoms. The van der Waals surface area contributed by atoms with Crippen molar-refractivity contribution in [1.29, 1.82) is 0 Å². The summed E-state index contributed by atoms with van der Waals surface area (Å²) < 4.78 is 2.18. The smallest absolute Gasteiger partial charge is 0.313 e. The van der Waals surface area contributed by atoms with Crippen LogP contribution >= 0.6 is 11.8 Å². The molecule has 1 aliphatic rings. The first-order valence-electron chi connectivity index (χ1n) is 5.92. The van der Waals surface area contributed by atoms with E-state index in [2.05, 4.69) is 22.7 Å². The molecule has 0 radical (unpaired) electrons. The Kier molecular flexibility index (Phi) is 3.47. The van der Waals surface area contributed by atoms with Crippen LogP contribution in [-0.2, 0) is 10.3 Å².